The topological polar surface area (TPSA) is 31.6 Å². The minimum Gasteiger partial charge on any atom is -0.337 e. The first-order valence-corrected chi connectivity index (χ1v) is 5.61. The van der Waals surface area contributed by atoms with Gasteiger partial charge in [-0.3, -0.25) is 0 Å². The van der Waals surface area contributed by atoms with E-state index in [1.165, 1.54) is 29.7 Å². The zero-order chi connectivity index (χ0) is 10.3. The van der Waals surface area contributed by atoms with E-state index >= 15 is 0 Å². The zero-order valence-electron chi connectivity index (χ0n) is 8.29. The van der Waals surface area contributed by atoms with Gasteiger partial charge in [0, 0.05) is 17.8 Å². The van der Waals surface area contributed by atoms with E-state index in [0.717, 1.165) is 4.77 Å². The molecule has 76 valence electrons. The van der Waals surface area contributed by atoms with Crippen LogP contribution in [0.15, 0.2) is 30.5 Å². The summed E-state index contributed by atoms with van der Waals surface area (Å²) in [6, 6.07) is 8.66. The molecule has 3 rings (SSSR count). The number of aromatic amines is 2. The van der Waals surface area contributed by atoms with Gasteiger partial charge in [0.25, 0.3) is 0 Å². The second-order valence-electron chi connectivity index (χ2n) is 3.99. The van der Waals surface area contributed by atoms with E-state index in [1.807, 2.05) is 6.20 Å². The van der Waals surface area contributed by atoms with Crippen LogP contribution in [-0.4, -0.2) is 9.97 Å². The molecule has 0 aliphatic heterocycles. The first kappa shape index (κ1) is 8.92. The predicted octanol–water partition coefficient (Wildman–Crippen LogP) is 3.15. The second kappa shape index (κ2) is 3.35. The molecule has 1 aromatic heterocycles. The predicted molar refractivity (Wildman–Crippen MR) is 62.6 cm³/mol. The Morgan fingerprint density at radius 2 is 2.13 bits per heavy atom. The van der Waals surface area contributed by atoms with Crippen molar-refractivity contribution >= 4 is 12.2 Å². The summed E-state index contributed by atoms with van der Waals surface area (Å²) in [4.78, 5) is 6.25. The largest absolute Gasteiger partial charge is 0.337 e. The standard InChI is InChI=1S/C12H12N2S/c15-12-13-7-11(14-12)10-6-5-8-3-1-2-4-9(8)10/h1-4,7,10H,5-6H2,(H2,13,14,15). The highest BCUT2D eigenvalue weighted by molar-refractivity contribution is 7.71. The number of rotatable bonds is 1. The van der Waals surface area contributed by atoms with Crippen LogP contribution >= 0.6 is 12.2 Å². The Balaban J connectivity index is 2.07. The fourth-order valence-corrected chi connectivity index (χ4v) is 2.59. The van der Waals surface area contributed by atoms with E-state index in [4.69, 9.17) is 12.2 Å². The van der Waals surface area contributed by atoms with Crippen molar-refractivity contribution in [3.8, 4) is 0 Å². The summed E-state index contributed by atoms with van der Waals surface area (Å²) in [6.07, 6.45) is 4.35. The maximum absolute atomic E-state index is 5.06. The van der Waals surface area contributed by atoms with Gasteiger partial charge in [0.05, 0.1) is 0 Å². The fraction of sp³-hybridized carbons (Fsp3) is 0.250. The summed E-state index contributed by atoms with van der Waals surface area (Å²) < 4.78 is 0.717. The number of fused-ring (bicyclic) bond motifs is 1. The van der Waals surface area contributed by atoms with Crippen molar-refractivity contribution in [3.05, 3.63) is 52.1 Å². The smallest absolute Gasteiger partial charge is 0.174 e. The van der Waals surface area contributed by atoms with Gasteiger partial charge in [-0.1, -0.05) is 24.3 Å². The van der Waals surface area contributed by atoms with Crippen molar-refractivity contribution in [2.24, 2.45) is 0 Å². The van der Waals surface area contributed by atoms with Crippen LogP contribution < -0.4 is 0 Å². The second-order valence-corrected chi connectivity index (χ2v) is 4.40. The Bertz CT molecular complexity index is 538. The van der Waals surface area contributed by atoms with Crippen LogP contribution in [0.1, 0.15) is 29.2 Å². The maximum Gasteiger partial charge on any atom is 0.174 e. The van der Waals surface area contributed by atoms with Crippen molar-refractivity contribution < 1.29 is 0 Å². The van der Waals surface area contributed by atoms with Crippen molar-refractivity contribution in [1.29, 1.82) is 0 Å². The number of hydrogen-bond donors (Lipinski definition) is 2. The summed E-state index contributed by atoms with van der Waals surface area (Å²) in [5, 5.41) is 0. The number of H-pyrrole nitrogens is 2. The molecule has 0 spiro atoms. The summed E-state index contributed by atoms with van der Waals surface area (Å²) in [5.74, 6) is 0.495. The van der Waals surface area contributed by atoms with Crippen LogP contribution in [0.2, 0.25) is 0 Å². The van der Waals surface area contributed by atoms with Crippen LogP contribution in [0.3, 0.4) is 0 Å². The lowest BCUT2D eigenvalue weighted by Crippen LogP contribution is -1.95. The Hall–Kier alpha value is -1.35. The first-order valence-electron chi connectivity index (χ1n) is 5.20. The van der Waals surface area contributed by atoms with Gasteiger partial charge in [0.1, 0.15) is 0 Å². The molecule has 3 heteroatoms. The average molecular weight is 216 g/mol. The highest BCUT2D eigenvalue weighted by atomic mass is 32.1. The monoisotopic (exact) mass is 216 g/mol. The average Bonchev–Trinajstić information content (AvgIpc) is 2.83. The lowest BCUT2D eigenvalue weighted by molar-refractivity contribution is 0.766. The van der Waals surface area contributed by atoms with E-state index < -0.39 is 0 Å². The minimum atomic E-state index is 0.495. The SMILES string of the molecule is S=c1[nH]cc(C2CCc3ccccc32)[nH]1. The van der Waals surface area contributed by atoms with E-state index in [1.54, 1.807) is 0 Å². The third kappa shape index (κ3) is 1.43. The molecule has 0 radical (unpaired) electrons. The van der Waals surface area contributed by atoms with Gasteiger partial charge in [-0.05, 0) is 36.2 Å². The molecule has 0 fully saturated rings. The van der Waals surface area contributed by atoms with E-state index in [0.29, 0.717) is 5.92 Å². The molecule has 0 amide bonds. The van der Waals surface area contributed by atoms with Gasteiger partial charge < -0.3 is 9.97 Å². The molecule has 0 saturated carbocycles. The zero-order valence-corrected chi connectivity index (χ0v) is 9.10. The number of imidazole rings is 1. The fourth-order valence-electron chi connectivity index (χ4n) is 2.41. The Kier molecular flexibility index (Phi) is 1.99. The van der Waals surface area contributed by atoms with Gasteiger partial charge >= 0.3 is 0 Å². The van der Waals surface area contributed by atoms with Gasteiger partial charge in [-0.25, -0.2) is 0 Å². The van der Waals surface area contributed by atoms with E-state index in [-0.39, 0.29) is 0 Å². The summed E-state index contributed by atoms with van der Waals surface area (Å²) in [7, 11) is 0. The number of nitrogens with one attached hydrogen (secondary N) is 2. The molecule has 2 nitrogen and oxygen atoms in total. The minimum absolute atomic E-state index is 0.495. The third-order valence-electron chi connectivity index (χ3n) is 3.12. The highest BCUT2D eigenvalue weighted by Crippen LogP contribution is 2.36. The molecule has 1 aromatic carbocycles. The van der Waals surface area contributed by atoms with Crippen molar-refractivity contribution in [1.82, 2.24) is 9.97 Å². The van der Waals surface area contributed by atoms with Crippen LogP contribution in [0.25, 0.3) is 0 Å². The molecule has 15 heavy (non-hydrogen) atoms. The van der Waals surface area contributed by atoms with Crippen LogP contribution in [0.4, 0.5) is 0 Å². The normalized spacial score (nSPS) is 19.1. The number of benzene rings is 1. The molecule has 2 aromatic rings. The number of hydrogen-bond acceptors (Lipinski definition) is 1. The molecule has 1 unspecified atom stereocenters. The molecule has 1 atom stereocenters. The van der Waals surface area contributed by atoms with Gasteiger partial charge in [0.15, 0.2) is 4.77 Å². The lowest BCUT2D eigenvalue weighted by atomic mass is 9.99. The van der Waals surface area contributed by atoms with Crippen LogP contribution in [0.5, 0.6) is 0 Å². The van der Waals surface area contributed by atoms with Gasteiger partial charge in [-0.15, -0.1) is 0 Å². The summed E-state index contributed by atoms with van der Waals surface area (Å²) >= 11 is 5.06. The summed E-state index contributed by atoms with van der Waals surface area (Å²) in [5.41, 5.74) is 4.13. The number of aromatic nitrogens is 2. The summed E-state index contributed by atoms with van der Waals surface area (Å²) in [6.45, 7) is 0. The van der Waals surface area contributed by atoms with Crippen LogP contribution in [0, 0.1) is 4.77 Å². The molecule has 2 N–H and O–H groups in total. The number of aryl methyl sites for hydroxylation is 1. The Morgan fingerprint density at radius 1 is 1.27 bits per heavy atom. The van der Waals surface area contributed by atoms with Crippen molar-refractivity contribution in [3.63, 3.8) is 0 Å². The first-order chi connectivity index (χ1) is 7.34. The van der Waals surface area contributed by atoms with E-state index in [9.17, 15) is 0 Å². The third-order valence-corrected chi connectivity index (χ3v) is 3.34. The van der Waals surface area contributed by atoms with Crippen LogP contribution in [-0.2, 0) is 6.42 Å². The Labute approximate surface area is 93.4 Å². The van der Waals surface area contributed by atoms with Gasteiger partial charge in [0.2, 0.25) is 0 Å². The van der Waals surface area contributed by atoms with E-state index in [2.05, 4.69) is 34.2 Å². The molecular weight excluding hydrogens is 204 g/mol. The molecular formula is C12H12N2S. The highest BCUT2D eigenvalue weighted by Gasteiger charge is 2.24. The maximum atomic E-state index is 5.06. The molecule has 1 aliphatic rings. The Morgan fingerprint density at radius 3 is 2.93 bits per heavy atom. The molecule has 0 bridgehead atoms. The van der Waals surface area contributed by atoms with Crippen molar-refractivity contribution in [2.45, 2.75) is 18.8 Å². The van der Waals surface area contributed by atoms with Gasteiger partial charge in [-0.2, -0.15) is 0 Å². The van der Waals surface area contributed by atoms with Crippen molar-refractivity contribution in [2.75, 3.05) is 0 Å². The quantitative estimate of drug-likeness (QED) is 0.705. The lowest BCUT2D eigenvalue weighted by Gasteiger charge is -2.08. The molecule has 1 aliphatic carbocycles. The molecule has 0 saturated heterocycles. The molecule has 1 heterocycles.